The number of rotatable bonds is 3. The number of likely N-dealkylation sites (tertiary alicyclic amines) is 1. The molecule has 3 heterocycles. The fourth-order valence-corrected chi connectivity index (χ4v) is 3.35. The first-order chi connectivity index (χ1) is 10.8. The van der Waals surface area contributed by atoms with Crippen molar-refractivity contribution in [2.24, 2.45) is 5.73 Å². The van der Waals surface area contributed by atoms with Crippen LogP contribution in [0.5, 0.6) is 0 Å². The molecule has 1 unspecified atom stereocenters. The quantitative estimate of drug-likeness (QED) is 0.815. The lowest BCUT2D eigenvalue weighted by Crippen LogP contribution is -2.56. The maximum atomic E-state index is 11.8. The van der Waals surface area contributed by atoms with E-state index in [1.165, 1.54) is 0 Å². The molecule has 3 rings (SSSR count). The van der Waals surface area contributed by atoms with Crippen LogP contribution in [0.4, 0.5) is 5.95 Å². The van der Waals surface area contributed by atoms with Crippen LogP contribution in [-0.2, 0) is 4.79 Å². The zero-order chi connectivity index (χ0) is 15.4. The summed E-state index contributed by atoms with van der Waals surface area (Å²) in [6.45, 7) is 5.64. The van der Waals surface area contributed by atoms with Gasteiger partial charge in [0.05, 0.1) is 6.54 Å². The number of piperazine rings is 1. The Balaban J connectivity index is 1.54. The van der Waals surface area contributed by atoms with E-state index in [0.29, 0.717) is 6.04 Å². The third-order valence-corrected chi connectivity index (χ3v) is 4.59. The van der Waals surface area contributed by atoms with Gasteiger partial charge in [-0.1, -0.05) is 0 Å². The molecule has 0 spiro atoms. The van der Waals surface area contributed by atoms with Crippen molar-refractivity contribution in [2.75, 3.05) is 50.7 Å². The van der Waals surface area contributed by atoms with Gasteiger partial charge in [0.1, 0.15) is 0 Å². The van der Waals surface area contributed by atoms with Crippen molar-refractivity contribution in [2.45, 2.75) is 18.9 Å². The Hall–Kier alpha value is -1.73. The molecule has 120 valence electrons. The minimum atomic E-state index is 0.0704. The van der Waals surface area contributed by atoms with Crippen LogP contribution in [-0.4, -0.2) is 77.5 Å². The highest BCUT2D eigenvalue weighted by molar-refractivity contribution is 5.78. The molecule has 0 aromatic carbocycles. The van der Waals surface area contributed by atoms with Gasteiger partial charge in [0, 0.05) is 57.7 Å². The number of carbonyl (C=O) groups is 1. The van der Waals surface area contributed by atoms with Gasteiger partial charge in [0.15, 0.2) is 0 Å². The lowest BCUT2D eigenvalue weighted by molar-refractivity contribution is -0.131. The third-order valence-electron chi connectivity index (χ3n) is 4.59. The molecule has 7 heteroatoms. The van der Waals surface area contributed by atoms with Gasteiger partial charge in [-0.25, -0.2) is 9.97 Å². The fraction of sp³-hybridized carbons (Fsp3) is 0.667. The van der Waals surface area contributed by atoms with Crippen LogP contribution in [0.1, 0.15) is 12.8 Å². The van der Waals surface area contributed by atoms with Crippen molar-refractivity contribution >= 4 is 11.9 Å². The molecular weight excluding hydrogens is 280 g/mol. The summed E-state index contributed by atoms with van der Waals surface area (Å²) in [5, 5.41) is 0. The largest absolute Gasteiger partial charge is 0.340 e. The summed E-state index contributed by atoms with van der Waals surface area (Å²) in [5.74, 6) is 0.881. The monoisotopic (exact) mass is 304 g/mol. The van der Waals surface area contributed by atoms with Crippen LogP contribution in [0.2, 0.25) is 0 Å². The average molecular weight is 304 g/mol. The van der Waals surface area contributed by atoms with E-state index < -0.39 is 0 Å². The van der Waals surface area contributed by atoms with E-state index in [9.17, 15) is 4.79 Å². The molecule has 2 saturated heterocycles. The van der Waals surface area contributed by atoms with Crippen molar-refractivity contribution < 1.29 is 4.79 Å². The zero-order valence-electron chi connectivity index (χ0n) is 12.9. The summed E-state index contributed by atoms with van der Waals surface area (Å²) in [6.07, 6.45) is 5.80. The topological polar surface area (TPSA) is 78.6 Å². The number of aromatic nitrogens is 2. The van der Waals surface area contributed by atoms with Crippen LogP contribution >= 0.6 is 0 Å². The summed E-state index contributed by atoms with van der Waals surface area (Å²) in [4.78, 5) is 27.1. The lowest BCUT2D eigenvalue weighted by atomic mass is 10.0. The number of piperidine rings is 1. The smallest absolute Gasteiger partial charge is 0.236 e. The SMILES string of the molecule is NCC(=O)N1CCCC(N2CCN(c3ncccn3)CC2)C1. The first kappa shape index (κ1) is 15.2. The van der Waals surface area contributed by atoms with Crippen molar-refractivity contribution in [1.29, 1.82) is 0 Å². The molecule has 1 aromatic heterocycles. The molecule has 22 heavy (non-hydrogen) atoms. The van der Waals surface area contributed by atoms with Gasteiger partial charge < -0.3 is 15.5 Å². The highest BCUT2D eigenvalue weighted by Crippen LogP contribution is 2.19. The first-order valence-electron chi connectivity index (χ1n) is 8.02. The molecule has 7 nitrogen and oxygen atoms in total. The summed E-state index contributed by atoms with van der Waals surface area (Å²) in [5.41, 5.74) is 5.48. The highest BCUT2D eigenvalue weighted by atomic mass is 16.2. The summed E-state index contributed by atoms with van der Waals surface area (Å²) >= 11 is 0. The molecule has 1 aromatic rings. The Morgan fingerprint density at radius 2 is 1.91 bits per heavy atom. The van der Waals surface area contributed by atoms with E-state index in [4.69, 9.17) is 5.73 Å². The summed E-state index contributed by atoms with van der Waals surface area (Å²) in [7, 11) is 0. The predicted octanol–water partition coefficient (Wildman–Crippen LogP) is -0.452. The molecule has 0 aliphatic carbocycles. The Labute approximate surface area is 131 Å². The molecule has 2 aliphatic rings. The average Bonchev–Trinajstić information content (AvgIpc) is 2.62. The first-order valence-corrected chi connectivity index (χ1v) is 8.02. The molecule has 0 saturated carbocycles. The lowest BCUT2D eigenvalue weighted by Gasteiger charge is -2.43. The number of amides is 1. The molecule has 2 N–H and O–H groups in total. The van der Waals surface area contributed by atoms with E-state index in [2.05, 4.69) is 19.8 Å². The van der Waals surface area contributed by atoms with Gasteiger partial charge >= 0.3 is 0 Å². The minimum absolute atomic E-state index is 0.0704. The van der Waals surface area contributed by atoms with Gasteiger partial charge in [-0.2, -0.15) is 0 Å². The van der Waals surface area contributed by atoms with Crippen LogP contribution < -0.4 is 10.6 Å². The molecule has 1 atom stereocenters. The van der Waals surface area contributed by atoms with Crippen LogP contribution in [0, 0.1) is 0 Å². The van der Waals surface area contributed by atoms with Crippen LogP contribution in [0.3, 0.4) is 0 Å². The second-order valence-electron chi connectivity index (χ2n) is 5.91. The van der Waals surface area contributed by atoms with Gasteiger partial charge in [-0.3, -0.25) is 9.69 Å². The van der Waals surface area contributed by atoms with Gasteiger partial charge in [-0.05, 0) is 18.9 Å². The van der Waals surface area contributed by atoms with Gasteiger partial charge in [0.2, 0.25) is 11.9 Å². The Morgan fingerprint density at radius 3 is 2.59 bits per heavy atom. The van der Waals surface area contributed by atoms with E-state index in [-0.39, 0.29) is 12.5 Å². The second kappa shape index (κ2) is 7.02. The zero-order valence-corrected chi connectivity index (χ0v) is 12.9. The maximum absolute atomic E-state index is 11.8. The van der Waals surface area contributed by atoms with Crippen molar-refractivity contribution in [3.8, 4) is 0 Å². The molecule has 0 bridgehead atoms. The van der Waals surface area contributed by atoms with Gasteiger partial charge in [0.25, 0.3) is 0 Å². The second-order valence-corrected chi connectivity index (χ2v) is 5.91. The van der Waals surface area contributed by atoms with Crippen molar-refractivity contribution in [3.63, 3.8) is 0 Å². The van der Waals surface area contributed by atoms with Crippen LogP contribution in [0.25, 0.3) is 0 Å². The summed E-state index contributed by atoms with van der Waals surface area (Å²) in [6, 6.07) is 2.30. The minimum Gasteiger partial charge on any atom is -0.340 e. The number of nitrogens with two attached hydrogens (primary N) is 1. The normalized spacial score (nSPS) is 23.6. The molecule has 2 aliphatic heterocycles. The Morgan fingerprint density at radius 1 is 1.18 bits per heavy atom. The number of carbonyl (C=O) groups excluding carboxylic acids is 1. The number of anilines is 1. The number of hydrogen-bond donors (Lipinski definition) is 1. The fourth-order valence-electron chi connectivity index (χ4n) is 3.35. The number of nitrogens with zero attached hydrogens (tertiary/aromatic N) is 5. The molecule has 2 fully saturated rings. The molecule has 1 amide bonds. The standard InChI is InChI=1S/C15H24N6O/c16-11-14(22)21-6-1-3-13(12-21)19-7-9-20(10-8-19)15-17-4-2-5-18-15/h2,4-5,13H,1,3,6-12,16H2. The third kappa shape index (κ3) is 3.36. The van der Waals surface area contributed by atoms with E-state index in [1.54, 1.807) is 12.4 Å². The number of hydrogen-bond acceptors (Lipinski definition) is 6. The summed E-state index contributed by atoms with van der Waals surface area (Å²) < 4.78 is 0. The van der Waals surface area contributed by atoms with Crippen molar-refractivity contribution in [3.05, 3.63) is 18.5 Å². The van der Waals surface area contributed by atoms with E-state index >= 15 is 0 Å². The Bertz CT molecular complexity index is 488. The van der Waals surface area contributed by atoms with Crippen molar-refractivity contribution in [1.82, 2.24) is 19.8 Å². The predicted molar refractivity (Wildman–Crippen MR) is 84.5 cm³/mol. The van der Waals surface area contributed by atoms with E-state index in [1.807, 2.05) is 11.0 Å². The van der Waals surface area contributed by atoms with Crippen LogP contribution in [0.15, 0.2) is 18.5 Å². The Kier molecular flexibility index (Phi) is 4.84. The molecular formula is C15H24N6O. The van der Waals surface area contributed by atoms with Gasteiger partial charge in [-0.15, -0.1) is 0 Å². The molecule has 0 radical (unpaired) electrons. The maximum Gasteiger partial charge on any atom is 0.236 e. The highest BCUT2D eigenvalue weighted by Gasteiger charge is 2.29. The van der Waals surface area contributed by atoms with E-state index in [0.717, 1.165) is 58.1 Å².